The third kappa shape index (κ3) is 5.48. The summed E-state index contributed by atoms with van der Waals surface area (Å²) in [4.78, 5) is 12.2. The Morgan fingerprint density at radius 1 is 1.03 bits per heavy atom. The van der Waals surface area contributed by atoms with Gasteiger partial charge in [0.1, 0.15) is 5.69 Å². The minimum absolute atomic E-state index is 0.209. The Balaban J connectivity index is 1.55. The number of carbonyl (C=O) groups excluding carboxylic acids is 1. The molecule has 1 aromatic heterocycles. The molecule has 3 aromatic carbocycles. The highest BCUT2D eigenvalue weighted by Crippen LogP contribution is 2.24. The number of hydrazone groups is 1. The molecular weight excluding hydrogens is 476 g/mol. The van der Waals surface area contributed by atoms with E-state index in [4.69, 9.17) is 16.7 Å². The van der Waals surface area contributed by atoms with E-state index in [9.17, 15) is 4.79 Å². The number of aromatic nitrogens is 2. The first kappa shape index (κ1) is 21.0. The van der Waals surface area contributed by atoms with E-state index >= 15 is 0 Å². The molecule has 0 bridgehead atoms. The van der Waals surface area contributed by atoms with Crippen molar-refractivity contribution in [3.05, 3.63) is 106 Å². The lowest BCUT2D eigenvalue weighted by Crippen LogP contribution is -2.19. The first-order valence-electron chi connectivity index (χ1n) is 9.56. The van der Waals surface area contributed by atoms with Gasteiger partial charge < -0.3 is 0 Å². The van der Waals surface area contributed by atoms with Crippen molar-refractivity contribution >= 4 is 39.7 Å². The van der Waals surface area contributed by atoms with E-state index in [0.717, 1.165) is 32.5 Å². The van der Waals surface area contributed by atoms with Crippen LogP contribution < -0.4 is 5.43 Å². The maximum Gasteiger partial charge on any atom is 0.244 e. The molecule has 0 fully saturated rings. The molecule has 4 aromatic rings. The van der Waals surface area contributed by atoms with Crippen molar-refractivity contribution in [3.8, 4) is 16.9 Å². The Morgan fingerprint density at radius 3 is 2.45 bits per heavy atom. The SMILES string of the molecule is O=C(Cc1ccc(Cl)cc1)N/N=C/c1cn(-c2ccccc2)nc1-c1ccc(Br)cc1. The van der Waals surface area contributed by atoms with E-state index in [-0.39, 0.29) is 12.3 Å². The van der Waals surface area contributed by atoms with E-state index in [2.05, 4.69) is 26.5 Å². The van der Waals surface area contributed by atoms with E-state index in [1.165, 1.54) is 0 Å². The second kappa shape index (κ2) is 9.73. The number of hydrogen-bond donors (Lipinski definition) is 1. The average molecular weight is 494 g/mol. The number of para-hydroxylation sites is 1. The maximum absolute atomic E-state index is 12.2. The molecule has 0 atom stereocenters. The number of benzene rings is 3. The topological polar surface area (TPSA) is 59.3 Å². The van der Waals surface area contributed by atoms with Gasteiger partial charge in [0.25, 0.3) is 0 Å². The summed E-state index contributed by atoms with van der Waals surface area (Å²) in [6.07, 6.45) is 3.72. The molecule has 7 heteroatoms. The van der Waals surface area contributed by atoms with Crippen molar-refractivity contribution in [1.82, 2.24) is 15.2 Å². The van der Waals surface area contributed by atoms with Crippen LogP contribution in [0.25, 0.3) is 16.9 Å². The van der Waals surface area contributed by atoms with Crippen LogP contribution in [0.1, 0.15) is 11.1 Å². The highest BCUT2D eigenvalue weighted by atomic mass is 79.9. The van der Waals surface area contributed by atoms with Gasteiger partial charge in [-0.1, -0.05) is 70.0 Å². The molecule has 1 amide bonds. The molecule has 0 saturated carbocycles. The van der Waals surface area contributed by atoms with E-state index < -0.39 is 0 Å². The quantitative estimate of drug-likeness (QED) is 0.279. The third-order valence-electron chi connectivity index (χ3n) is 4.55. The van der Waals surface area contributed by atoms with Crippen LogP contribution in [-0.2, 0) is 11.2 Å². The van der Waals surface area contributed by atoms with Gasteiger partial charge in [-0.2, -0.15) is 10.2 Å². The van der Waals surface area contributed by atoms with Gasteiger partial charge in [0.15, 0.2) is 0 Å². The molecule has 1 N–H and O–H groups in total. The third-order valence-corrected chi connectivity index (χ3v) is 5.33. The lowest BCUT2D eigenvalue weighted by Gasteiger charge is -2.01. The highest BCUT2D eigenvalue weighted by molar-refractivity contribution is 9.10. The smallest absolute Gasteiger partial charge is 0.244 e. The standard InChI is InChI=1S/C24H18BrClN4O/c25-20-10-8-18(9-11-20)24-19(16-30(29-24)22-4-2-1-3-5-22)15-27-28-23(31)14-17-6-12-21(26)13-7-17/h1-13,15-16H,14H2,(H,28,31)/b27-15+. The fourth-order valence-electron chi connectivity index (χ4n) is 3.03. The zero-order valence-corrected chi connectivity index (χ0v) is 18.7. The molecular formula is C24H18BrClN4O. The second-order valence-corrected chi connectivity index (χ2v) is 8.17. The Morgan fingerprint density at radius 2 is 1.74 bits per heavy atom. The molecule has 4 rings (SSSR count). The van der Waals surface area contributed by atoms with Crippen molar-refractivity contribution in [3.63, 3.8) is 0 Å². The Kier molecular flexibility index (Phi) is 6.60. The predicted molar refractivity (Wildman–Crippen MR) is 128 cm³/mol. The van der Waals surface area contributed by atoms with Gasteiger partial charge in [-0.05, 0) is 42.0 Å². The first-order chi connectivity index (χ1) is 15.1. The van der Waals surface area contributed by atoms with Crippen LogP contribution >= 0.6 is 27.5 Å². The summed E-state index contributed by atoms with van der Waals surface area (Å²) < 4.78 is 2.79. The van der Waals surface area contributed by atoms with Crippen molar-refractivity contribution in [2.45, 2.75) is 6.42 Å². The Bertz CT molecular complexity index is 1200. The predicted octanol–water partition coefficient (Wildman–Crippen LogP) is 5.65. The maximum atomic E-state index is 12.2. The average Bonchev–Trinajstić information content (AvgIpc) is 3.21. The summed E-state index contributed by atoms with van der Waals surface area (Å²) in [5.41, 5.74) is 6.90. The van der Waals surface area contributed by atoms with Crippen LogP contribution in [0.5, 0.6) is 0 Å². The van der Waals surface area contributed by atoms with Crippen LogP contribution in [0.3, 0.4) is 0 Å². The molecule has 31 heavy (non-hydrogen) atoms. The number of nitrogens with zero attached hydrogens (tertiary/aromatic N) is 3. The van der Waals surface area contributed by atoms with Crippen LogP contribution in [0, 0.1) is 0 Å². The molecule has 0 saturated heterocycles. The number of rotatable bonds is 6. The second-order valence-electron chi connectivity index (χ2n) is 6.82. The van der Waals surface area contributed by atoms with Gasteiger partial charge in [0.2, 0.25) is 5.91 Å². The fourth-order valence-corrected chi connectivity index (χ4v) is 3.42. The molecule has 154 valence electrons. The first-order valence-corrected chi connectivity index (χ1v) is 10.7. The van der Waals surface area contributed by atoms with Gasteiger partial charge in [-0.25, -0.2) is 10.1 Å². The summed E-state index contributed by atoms with van der Waals surface area (Å²) in [6.45, 7) is 0. The highest BCUT2D eigenvalue weighted by Gasteiger charge is 2.11. The summed E-state index contributed by atoms with van der Waals surface area (Å²) in [5, 5.41) is 9.53. The summed E-state index contributed by atoms with van der Waals surface area (Å²) in [6, 6.07) is 24.9. The fraction of sp³-hybridized carbons (Fsp3) is 0.0417. The van der Waals surface area contributed by atoms with Crippen LogP contribution in [-0.4, -0.2) is 21.9 Å². The number of hydrogen-bond acceptors (Lipinski definition) is 3. The zero-order valence-electron chi connectivity index (χ0n) is 16.4. The van der Waals surface area contributed by atoms with E-state index in [0.29, 0.717) is 5.02 Å². The number of amides is 1. The number of carbonyl (C=O) groups is 1. The van der Waals surface area contributed by atoms with Gasteiger partial charge in [-0.3, -0.25) is 4.79 Å². The van der Waals surface area contributed by atoms with Crippen molar-refractivity contribution < 1.29 is 4.79 Å². The van der Waals surface area contributed by atoms with Gasteiger partial charge >= 0.3 is 0 Å². The monoisotopic (exact) mass is 492 g/mol. The molecule has 0 aliphatic rings. The van der Waals surface area contributed by atoms with Crippen molar-refractivity contribution in [2.24, 2.45) is 5.10 Å². The lowest BCUT2D eigenvalue weighted by atomic mass is 10.1. The van der Waals surface area contributed by atoms with Gasteiger partial charge in [-0.15, -0.1) is 0 Å². The molecule has 0 radical (unpaired) electrons. The lowest BCUT2D eigenvalue weighted by molar-refractivity contribution is -0.120. The van der Waals surface area contributed by atoms with Crippen LogP contribution in [0.4, 0.5) is 0 Å². The molecule has 0 unspecified atom stereocenters. The van der Waals surface area contributed by atoms with Crippen LogP contribution in [0.2, 0.25) is 5.02 Å². The van der Waals surface area contributed by atoms with E-state index in [1.807, 2.05) is 72.9 Å². The molecule has 5 nitrogen and oxygen atoms in total. The largest absolute Gasteiger partial charge is 0.273 e. The number of nitrogens with one attached hydrogen (secondary N) is 1. The minimum Gasteiger partial charge on any atom is -0.273 e. The summed E-state index contributed by atoms with van der Waals surface area (Å²) in [7, 11) is 0. The molecule has 0 aliphatic carbocycles. The molecule has 0 spiro atoms. The summed E-state index contributed by atoms with van der Waals surface area (Å²) >= 11 is 9.35. The molecule has 1 heterocycles. The molecule has 0 aliphatic heterocycles. The van der Waals surface area contributed by atoms with Crippen molar-refractivity contribution in [2.75, 3.05) is 0 Å². The van der Waals surface area contributed by atoms with Crippen molar-refractivity contribution in [1.29, 1.82) is 0 Å². The van der Waals surface area contributed by atoms with E-state index in [1.54, 1.807) is 23.0 Å². The number of halogens is 2. The van der Waals surface area contributed by atoms with Gasteiger partial charge in [0, 0.05) is 26.8 Å². The normalized spacial score (nSPS) is 11.0. The minimum atomic E-state index is -0.209. The Hall–Kier alpha value is -3.22. The zero-order chi connectivity index (χ0) is 21.6. The summed E-state index contributed by atoms with van der Waals surface area (Å²) in [5.74, 6) is -0.209. The Labute approximate surface area is 193 Å². The van der Waals surface area contributed by atoms with Crippen LogP contribution in [0.15, 0.2) is 94.6 Å². The van der Waals surface area contributed by atoms with Gasteiger partial charge in [0.05, 0.1) is 18.3 Å².